The van der Waals surface area contributed by atoms with E-state index in [1.165, 1.54) is 0 Å². The van der Waals surface area contributed by atoms with Gasteiger partial charge in [-0.05, 0) is 19.1 Å². The van der Waals surface area contributed by atoms with Crippen LogP contribution in [-0.2, 0) is 7.05 Å². The molecule has 1 aromatic carbocycles. The molecule has 0 aliphatic rings. The number of nitrogens with zero attached hydrogens (tertiary/aromatic N) is 2. The summed E-state index contributed by atoms with van der Waals surface area (Å²) in [6.07, 6.45) is 0. The van der Waals surface area contributed by atoms with Crippen LogP contribution in [0.5, 0.6) is 0 Å². The Kier molecular flexibility index (Phi) is 2.82. The Bertz CT molecular complexity index is 546. The number of benzene rings is 1. The summed E-state index contributed by atoms with van der Waals surface area (Å²) in [6, 6.07) is 5.42. The van der Waals surface area contributed by atoms with Crippen LogP contribution in [0.4, 0.5) is 5.95 Å². The molecule has 0 bridgehead atoms. The second kappa shape index (κ2) is 4.00. The normalized spacial score (nSPS) is 10.8. The Labute approximate surface area is 104 Å². The maximum absolute atomic E-state index is 5.96. The van der Waals surface area contributed by atoms with Gasteiger partial charge in [-0.25, -0.2) is 4.98 Å². The van der Waals surface area contributed by atoms with Crippen LogP contribution in [0.2, 0.25) is 10.0 Å². The Hall–Kier alpha value is -1.19. The molecule has 0 saturated heterocycles. The van der Waals surface area contributed by atoms with Crippen LogP contribution in [0.1, 0.15) is 5.69 Å². The van der Waals surface area contributed by atoms with Crippen molar-refractivity contribution in [2.75, 3.05) is 5.73 Å². The molecule has 0 atom stereocenters. The standard InChI is InChI=1S/C11H11Cl2N3/c1-6-10(15-11(14)16(6)2)7-3-4-8(12)9(13)5-7/h3-5H,1-2H3,(H2,14,15). The van der Waals surface area contributed by atoms with Crippen molar-refractivity contribution in [1.29, 1.82) is 0 Å². The van der Waals surface area contributed by atoms with Gasteiger partial charge in [-0.15, -0.1) is 0 Å². The van der Waals surface area contributed by atoms with Crippen molar-refractivity contribution < 1.29 is 0 Å². The molecule has 1 heterocycles. The zero-order valence-electron chi connectivity index (χ0n) is 8.96. The number of hydrogen-bond donors (Lipinski definition) is 1. The van der Waals surface area contributed by atoms with Gasteiger partial charge >= 0.3 is 0 Å². The first-order valence-corrected chi connectivity index (χ1v) is 5.50. The van der Waals surface area contributed by atoms with Gasteiger partial charge in [0.05, 0.1) is 15.7 Å². The van der Waals surface area contributed by atoms with Crippen molar-refractivity contribution in [3.8, 4) is 11.3 Å². The average Bonchev–Trinajstić information content (AvgIpc) is 2.50. The third-order valence-electron chi connectivity index (χ3n) is 2.61. The van der Waals surface area contributed by atoms with E-state index >= 15 is 0 Å². The van der Waals surface area contributed by atoms with Crippen LogP contribution in [0.25, 0.3) is 11.3 Å². The molecule has 5 heteroatoms. The second-order valence-corrected chi connectivity index (χ2v) is 4.41. The molecule has 2 rings (SSSR count). The van der Waals surface area contributed by atoms with Crippen LogP contribution in [0.3, 0.4) is 0 Å². The smallest absolute Gasteiger partial charge is 0.200 e. The molecule has 2 N–H and O–H groups in total. The maximum Gasteiger partial charge on any atom is 0.200 e. The van der Waals surface area contributed by atoms with Crippen LogP contribution in [0, 0.1) is 6.92 Å². The fourth-order valence-electron chi connectivity index (χ4n) is 1.52. The predicted octanol–water partition coefficient (Wildman–Crippen LogP) is 3.28. The topological polar surface area (TPSA) is 43.8 Å². The third kappa shape index (κ3) is 1.77. The van der Waals surface area contributed by atoms with Gasteiger partial charge in [0.2, 0.25) is 5.95 Å². The van der Waals surface area contributed by atoms with Gasteiger partial charge in [-0.3, -0.25) is 0 Å². The molecule has 84 valence electrons. The fraction of sp³-hybridized carbons (Fsp3) is 0.182. The number of rotatable bonds is 1. The van der Waals surface area contributed by atoms with Crippen LogP contribution >= 0.6 is 23.2 Å². The first-order chi connectivity index (χ1) is 7.50. The van der Waals surface area contributed by atoms with E-state index in [0.717, 1.165) is 17.0 Å². The van der Waals surface area contributed by atoms with Gasteiger partial charge in [0.25, 0.3) is 0 Å². The van der Waals surface area contributed by atoms with Crippen LogP contribution < -0.4 is 5.73 Å². The van der Waals surface area contributed by atoms with Crippen molar-refractivity contribution in [3.05, 3.63) is 33.9 Å². The molecule has 0 aliphatic heterocycles. The lowest BCUT2D eigenvalue weighted by Crippen LogP contribution is -1.97. The first-order valence-electron chi connectivity index (χ1n) is 4.75. The molecule has 0 unspecified atom stereocenters. The zero-order valence-corrected chi connectivity index (χ0v) is 10.5. The molecule has 0 fully saturated rings. The van der Waals surface area contributed by atoms with E-state index in [2.05, 4.69) is 4.98 Å². The Morgan fingerprint density at radius 1 is 1.25 bits per heavy atom. The Morgan fingerprint density at radius 2 is 1.94 bits per heavy atom. The number of nitrogen functional groups attached to an aromatic ring is 1. The predicted molar refractivity (Wildman–Crippen MR) is 67.8 cm³/mol. The van der Waals surface area contributed by atoms with E-state index in [1.807, 2.05) is 24.6 Å². The van der Waals surface area contributed by atoms with Gasteiger partial charge in [0, 0.05) is 18.3 Å². The third-order valence-corrected chi connectivity index (χ3v) is 3.35. The maximum atomic E-state index is 5.96. The largest absolute Gasteiger partial charge is 0.369 e. The zero-order chi connectivity index (χ0) is 11.9. The number of imidazole rings is 1. The molecular formula is C11H11Cl2N3. The number of nitrogens with two attached hydrogens (primary N) is 1. The summed E-state index contributed by atoms with van der Waals surface area (Å²) in [7, 11) is 1.87. The summed E-state index contributed by atoms with van der Waals surface area (Å²) in [6.45, 7) is 1.96. The van der Waals surface area contributed by atoms with Crippen LogP contribution in [-0.4, -0.2) is 9.55 Å². The molecule has 0 aliphatic carbocycles. The summed E-state index contributed by atoms with van der Waals surface area (Å²) in [5.74, 6) is 0.485. The van der Waals surface area contributed by atoms with Crippen LogP contribution in [0.15, 0.2) is 18.2 Å². The van der Waals surface area contributed by atoms with E-state index in [0.29, 0.717) is 16.0 Å². The highest BCUT2D eigenvalue weighted by molar-refractivity contribution is 6.42. The quantitative estimate of drug-likeness (QED) is 0.850. The van der Waals surface area contributed by atoms with Gasteiger partial charge in [-0.2, -0.15) is 0 Å². The summed E-state index contributed by atoms with van der Waals surface area (Å²) in [5, 5.41) is 1.05. The first kappa shape index (κ1) is 11.3. The van der Waals surface area contributed by atoms with E-state index in [9.17, 15) is 0 Å². The molecule has 2 aromatic rings. The van der Waals surface area contributed by atoms with Crippen molar-refractivity contribution >= 4 is 29.2 Å². The minimum atomic E-state index is 0.485. The summed E-state index contributed by atoms with van der Waals surface area (Å²) in [5.41, 5.74) is 8.48. The van der Waals surface area contributed by atoms with Crippen molar-refractivity contribution in [2.45, 2.75) is 6.92 Å². The lowest BCUT2D eigenvalue weighted by Gasteiger charge is -2.02. The molecule has 0 radical (unpaired) electrons. The minimum absolute atomic E-state index is 0.485. The lowest BCUT2D eigenvalue weighted by molar-refractivity contribution is 0.889. The van der Waals surface area contributed by atoms with Crippen molar-refractivity contribution in [2.24, 2.45) is 7.05 Å². The Balaban J connectivity index is 2.59. The van der Waals surface area contributed by atoms with Gasteiger partial charge in [0.1, 0.15) is 0 Å². The molecule has 0 spiro atoms. The van der Waals surface area contributed by atoms with Gasteiger partial charge in [-0.1, -0.05) is 29.3 Å². The lowest BCUT2D eigenvalue weighted by atomic mass is 10.1. The molecule has 0 saturated carbocycles. The second-order valence-electron chi connectivity index (χ2n) is 3.59. The number of halogens is 2. The highest BCUT2D eigenvalue weighted by atomic mass is 35.5. The molecule has 16 heavy (non-hydrogen) atoms. The summed E-state index contributed by atoms with van der Waals surface area (Å²) in [4.78, 5) is 4.29. The summed E-state index contributed by atoms with van der Waals surface area (Å²) < 4.78 is 1.83. The molecule has 0 amide bonds. The van der Waals surface area contributed by atoms with Crippen molar-refractivity contribution in [3.63, 3.8) is 0 Å². The van der Waals surface area contributed by atoms with E-state index in [4.69, 9.17) is 28.9 Å². The monoisotopic (exact) mass is 255 g/mol. The number of aromatic nitrogens is 2. The molecule has 3 nitrogen and oxygen atoms in total. The average molecular weight is 256 g/mol. The Morgan fingerprint density at radius 3 is 2.44 bits per heavy atom. The van der Waals surface area contributed by atoms with E-state index in [-0.39, 0.29) is 0 Å². The van der Waals surface area contributed by atoms with Gasteiger partial charge < -0.3 is 10.3 Å². The fourth-order valence-corrected chi connectivity index (χ4v) is 1.82. The van der Waals surface area contributed by atoms with Crippen molar-refractivity contribution in [1.82, 2.24) is 9.55 Å². The highest BCUT2D eigenvalue weighted by Crippen LogP contribution is 2.30. The number of hydrogen-bond acceptors (Lipinski definition) is 2. The molecule has 1 aromatic heterocycles. The van der Waals surface area contributed by atoms with Gasteiger partial charge in [0.15, 0.2) is 0 Å². The summed E-state index contributed by atoms with van der Waals surface area (Å²) >= 11 is 11.8. The van der Waals surface area contributed by atoms with E-state index in [1.54, 1.807) is 12.1 Å². The number of anilines is 1. The highest BCUT2D eigenvalue weighted by Gasteiger charge is 2.11. The van der Waals surface area contributed by atoms with E-state index < -0.39 is 0 Å². The SMILES string of the molecule is Cc1c(-c2ccc(Cl)c(Cl)c2)nc(N)n1C. The minimum Gasteiger partial charge on any atom is -0.369 e. The molecular weight excluding hydrogens is 245 g/mol.